The molecule has 1 fully saturated rings. The molecule has 2 atom stereocenters. The first-order chi connectivity index (χ1) is 12.0. The van der Waals surface area contributed by atoms with E-state index in [1.54, 1.807) is 11.8 Å². The predicted molar refractivity (Wildman–Crippen MR) is 90.3 cm³/mol. The summed E-state index contributed by atoms with van der Waals surface area (Å²) in [5.74, 6) is 1.52. The standard InChI is InChI=1S/C18H23N3O4/c1-11-5-6-12(2)15(9-11)24-10-16(22)21-7-8-23-13(3)17(21)18-19-14(4)20-25-18/h5-6,9,13,17H,7-8,10H2,1-4H3/t13-,17+/m1/s1. The number of carbonyl (C=O) groups is 1. The smallest absolute Gasteiger partial charge is 0.261 e. The summed E-state index contributed by atoms with van der Waals surface area (Å²) in [6.45, 7) is 8.49. The summed E-state index contributed by atoms with van der Waals surface area (Å²) in [6.07, 6.45) is -0.224. The number of benzene rings is 1. The average molecular weight is 345 g/mol. The van der Waals surface area contributed by atoms with Crippen molar-refractivity contribution in [3.8, 4) is 5.75 Å². The van der Waals surface area contributed by atoms with Gasteiger partial charge in [0, 0.05) is 6.54 Å². The molecule has 1 aromatic carbocycles. The number of ether oxygens (including phenoxy) is 2. The second-order valence-corrected chi connectivity index (χ2v) is 6.35. The maximum absolute atomic E-state index is 12.8. The van der Waals surface area contributed by atoms with Crippen molar-refractivity contribution in [2.45, 2.75) is 39.8 Å². The minimum Gasteiger partial charge on any atom is -0.483 e. The number of carbonyl (C=O) groups excluding carboxylic acids is 1. The third-order valence-electron chi connectivity index (χ3n) is 4.30. The van der Waals surface area contributed by atoms with Gasteiger partial charge in [0.25, 0.3) is 11.8 Å². The second-order valence-electron chi connectivity index (χ2n) is 6.35. The molecule has 0 aliphatic carbocycles. The minimum atomic E-state index is -0.398. The van der Waals surface area contributed by atoms with Crippen LogP contribution >= 0.6 is 0 Å². The highest BCUT2D eigenvalue weighted by atomic mass is 16.5. The SMILES string of the molecule is Cc1ccc(C)c(OCC(=O)N2CCO[C@H](C)[C@H]2c2nc(C)no2)c1. The molecular weight excluding hydrogens is 322 g/mol. The number of nitrogens with zero attached hydrogens (tertiary/aromatic N) is 3. The zero-order valence-corrected chi connectivity index (χ0v) is 15.0. The summed E-state index contributed by atoms with van der Waals surface area (Å²) in [5.41, 5.74) is 2.09. The number of hydrogen-bond donors (Lipinski definition) is 0. The number of rotatable bonds is 4. The van der Waals surface area contributed by atoms with Crippen LogP contribution in [0.25, 0.3) is 0 Å². The molecule has 0 bridgehead atoms. The molecule has 2 heterocycles. The van der Waals surface area contributed by atoms with Crippen molar-refractivity contribution < 1.29 is 18.8 Å². The van der Waals surface area contributed by atoms with E-state index in [0.717, 1.165) is 16.9 Å². The molecule has 2 aromatic rings. The van der Waals surface area contributed by atoms with E-state index < -0.39 is 6.04 Å². The van der Waals surface area contributed by atoms with Gasteiger partial charge in [-0.1, -0.05) is 17.3 Å². The van der Waals surface area contributed by atoms with Gasteiger partial charge in [-0.2, -0.15) is 4.98 Å². The molecule has 1 amide bonds. The number of aromatic nitrogens is 2. The van der Waals surface area contributed by atoms with Crippen LogP contribution in [0.5, 0.6) is 5.75 Å². The Bertz CT molecular complexity index is 759. The quantitative estimate of drug-likeness (QED) is 0.846. The zero-order chi connectivity index (χ0) is 18.0. The van der Waals surface area contributed by atoms with Crippen LogP contribution in [0, 0.1) is 20.8 Å². The largest absolute Gasteiger partial charge is 0.483 e. The Balaban J connectivity index is 1.73. The van der Waals surface area contributed by atoms with Crippen molar-refractivity contribution in [2.75, 3.05) is 19.8 Å². The van der Waals surface area contributed by atoms with Crippen molar-refractivity contribution in [3.05, 3.63) is 41.0 Å². The van der Waals surface area contributed by atoms with Crippen LogP contribution < -0.4 is 4.74 Å². The van der Waals surface area contributed by atoms with Crippen molar-refractivity contribution in [1.29, 1.82) is 0 Å². The van der Waals surface area contributed by atoms with Crippen LogP contribution in [0.1, 0.15) is 35.8 Å². The number of hydrogen-bond acceptors (Lipinski definition) is 6. The zero-order valence-electron chi connectivity index (χ0n) is 15.0. The van der Waals surface area contributed by atoms with Crippen LogP contribution in [0.2, 0.25) is 0 Å². The normalized spacial score (nSPS) is 20.6. The van der Waals surface area contributed by atoms with E-state index in [1.165, 1.54) is 0 Å². The predicted octanol–water partition coefficient (Wildman–Crippen LogP) is 2.36. The molecule has 0 saturated carbocycles. The first kappa shape index (κ1) is 17.4. The van der Waals surface area contributed by atoms with Gasteiger partial charge in [-0.3, -0.25) is 4.79 Å². The second kappa shape index (κ2) is 7.23. The van der Waals surface area contributed by atoms with Gasteiger partial charge < -0.3 is 18.9 Å². The fourth-order valence-corrected chi connectivity index (χ4v) is 2.95. The van der Waals surface area contributed by atoms with E-state index in [4.69, 9.17) is 14.0 Å². The summed E-state index contributed by atoms with van der Waals surface area (Å²) < 4.78 is 16.7. The highest BCUT2D eigenvalue weighted by Gasteiger charge is 2.37. The Morgan fingerprint density at radius 3 is 2.88 bits per heavy atom. The molecule has 0 N–H and O–H groups in total. The molecule has 0 radical (unpaired) electrons. The Morgan fingerprint density at radius 1 is 1.36 bits per heavy atom. The Labute approximate surface area is 146 Å². The number of amides is 1. The molecule has 7 heteroatoms. The molecule has 134 valence electrons. The summed E-state index contributed by atoms with van der Waals surface area (Å²) >= 11 is 0. The molecule has 0 spiro atoms. The lowest BCUT2D eigenvalue weighted by atomic mass is 10.1. The van der Waals surface area contributed by atoms with Gasteiger partial charge in [0.2, 0.25) is 0 Å². The van der Waals surface area contributed by atoms with Gasteiger partial charge in [0.1, 0.15) is 11.8 Å². The van der Waals surface area contributed by atoms with E-state index in [-0.39, 0.29) is 18.6 Å². The average Bonchev–Trinajstić information content (AvgIpc) is 3.01. The first-order valence-corrected chi connectivity index (χ1v) is 8.37. The van der Waals surface area contributed by atoms with Crippen LogP contribution in [0.4, 0.5) is 0 Å². The van der Waals surface area contributed by atoms with E-state index in [1.807, 2.05) is 39.0 Å². The maximum atomic E-state index is 12.8. The summed E-state index contributed by atoms with van der Waals surface area (Å²) in [6, 6.07) is 5.53. The topological polar surface area (TPSA) is 77.7 Å². The number of morpholine rings is 1. The van der Waals surface area contributed by atoms with E-state index in [2.05, 4.69) is 10.1 Å². The van der Waals surface area contributed by atoms with Crippen LogP contribution in [0.15, 0.2) is 22.7 Å². The van der Waals surface area contributed by atoms with Crippen molar-refractivity contribution in [3.63, 3.8) is 0 Å². The Kier molecular flexibility index (Phi) is 5.03. The van der Waals surface area contributed by atoms with Crippen LogP contribution in [0.3, 0.4) is 0 Å². The van der Waals surface area contributed by atoms with E-state index in [0.29, 0.717) is 24.9 Å². The van der Waals surface area contributed by atoms with E-state index in [9.17, 15) is 4.79 Å². The van der Waals surface area contributed by atoms with Gasteiger partial charge >= 0.3 is 0 Å². The number of aryl methyl sites for hydroxylation is 3. The van der Waals surface area contributed by atoms with Crippen molar-refractivity contribution >= 4 is 5.91 Å². The molecule has 1 saturated heterocycles. The third-order valence-corrected chi connectivity index (χ3v) is 4.30. The third kappa shape index (κ3) is 3.82. The van der Waals surface area contributed by atoms with E-state index >= 15 is 0 Å². The van der Waals surface area contributed by atoms with Gasteiger partial charge in [0.15, 0.2) is 12.4 Å². The van der Waals surface area contributed by atoms with Crippen molar-refractivity contribution in [2.24, 2.45) is 0 Å². The lowest BCUT2D eigenvalue weighted by Gasteiger charge is -2.37. The maximum Gasteiger partial charge on any atom is 0.261 e. The van der Waals surface area contributed by atoms with Gasteiger partial charge in [-0.15, -0.1) is 0 Å². The molecule has 0 unspecified atom stereocenters. The van der Waals surface area contributed by atoms with Crippen LogP contribution in [-0.2, 0) is 9.53 Å². The molecule has 1 aliphatic heterocycles. The summed E-state index contributed by atoms with van der Waals surface area (Å²) in [5, 5.41) is 3.82. The van der Waals surface area contributed by atoms with Crippen molar-refractivity contribution in [1.82, 2.24) is 15.0 Å². The summed E-state index contributed by atoms with van der Waals surface area (Å²) in [4.78, 5) is 18.7. The molecule has 25 heavy (non-hydrogen) atoms. The summed E-state index contributed by atoms with van der Waals surface area (Å²) in [7, 11) is 0. The fourth-order valence-electron chi connectivity index (χ4n) is 2.95. The molecular formula is C18H23N3O4. The lowest BCUT2D eigenvalue weighted by molar-refractivity contribution is -0.149. The van der Waals surface area contributed by atoms with Gasteiger partial charge in [0.05, 0.1) is 12.7 Å². The molecule has 1 aliphatic rings. The highest BCUT2D eigenvalue weighted by molar-refractivity contribution is 5.78. The Morgan fingerprint density at radius 2 is 2.16 bits per heavy atom. The Hall–Kier alpha value is -2.41. The molecule has 7 nitrogen and oxygen atoms in total. The minimum absolute atomic E-state index is 0.0410. The fraction of sp³-hybridized carbons (Fsp3) is 0.500. The highest BCUT2D eigenvalue weighted by Crippen LogP contribution is 2.29. The molecule has 1 aromatic heterocycles. The van der Waals surface area contributed by atoms with Gasteiger partial charge in [-0.25, -0.2) is 0 Å². The van der Waals surface area contributed by atoms with Crippen LogP contribution in [-0.4, -0.2) is 46.8 Å². The van der Waals surface area contributed by atoms with Gasteiger partial charge in [-0.05, 0) is 44.9 Å². The molecule has 3 rings (SSSR count). The first-order valence-electron chi connectivity index (χ1n) is 8.37. The monoisotopic (exact) mass is 345 g/mol. The lowest BCUT2D eigenvalue weighted by Crippen LogP contribution is -2.48.